The van der Waals surface area contributed by atoms with Crippen molar-refractivity contribution in [2.75, 3.05) is 0 Å². The van der Waals surface area contributed by atoms with Crippen LogP contribution in [-0.4, -0.2) is 4.98 Å². The summed E-state index contributed by atoms with van der Waals surface area (Å²) in [5.41, 5.74) is 1.19. The van der Waals surface area contributed by atoms with Gasteiger partial charge in [-0.2, -0.15) is 0 Å². The van der Waals surface area contributed by atoms with Gasteiger partial charge in [-0.3, -0.25) is 0 Å². The molecule has 0 radical (unpaired) electrons. The molecule has 0 atom stereocenters. The van der Waals surface area contributed by atoms with Gasteiger partial charge in [0.2, 0.25) is 0 Å². The minimum atomic E-state index is 0.0886. The molecule has 74 valence electrons. The fourth-order valence-electron chi connectivity index (χ4n) is 0.945. The Labute approximate surface area is 86.1 Å². The van der Waals surface area contributed by atoms with E-state index in [1.165, 1.54) is 0 Å². The summed E-state index contributed by atoms with van der Waals surface area (Å²) in [5, 5.41) is 0.611. The second kappa shape index (κ2) is 5.23. The first kappa shape index (κ1) is 12.4. The van der Waals surface area contributed by atoms with E-state index in [9.17, 15) is 0 Å². The predicted octanol–water partition coefficient (Wildman–Crippen LogP) is 4.06. The third-order valence-electron chi connectivity index (χ3n) is 1.57. The van der Waals surface area contributed by atoms with Crippen LogP contribution < -0.4 is 0 Å². The van der Waals surface area contributed by atoms with E-state index in [0.29, 0.717) is 5.15 Å². The highest BCUT2D eigenvalue weighted by atomic mass is 35.5. The molecule has 2 heteroatoms. The summed E-state index contributed by atoms with van der Waals surface area (Å²) in [7, 11) is 0. The van der Waals surface area contributed by atoms with Gasteiger partial charge in [0.1, 0.15) is 5.15 Å². The molecule has 0 aliphatic heterocycles. The third-order valence-corrected chi connectivity index (χ3v) is 1.87. The first-order chi connectivity index (χ1) is 6.02. The molecule has 0 N–H and O–H groups in total. The predicted molar refractivity (Wildman–Crippen MR) is 59.3 cm³/mol. The average Bonchev–Trinajstić information content (AvgIpc) is 2.07. The van der Waals surface area contributed by atoms with Crippen molar-refractivity contribution in [1.82, 2.24) is 4.98 Å². The summed E-state index contributed by atoms with van der Waals surface area (Å²) in [4.78, 5) is 4.01. The van der Waals surface area contributed by atoms with E-state index < -0.39 is 0 Å². The third kappa shape index (κ3) is 3.77. The lowest BCUT2D eigenvalue weighted by Gasteiger charge is -2.19. The van der Waals surface area contributed by atoms with Gasteiger partial charge >= 0.3 is 0 Å². The molecule has 0 bridgehead atoms. The lowest BCUT2D eigenvalue weighted by atomic mass is 9.88. The highest BCUT2D eigenvalue weighted by molar-refractivity contribution is 6.30. The number of halogens is 1. The molecule has 1 nitrogen and oxygen atoms in total. The standard InChI is InChI=1S/C9H12ClN.C2H6/c1-9(2,3)7-5-4-6-11-8(7)10;1-2/h4-6H,1-3H3;1-2H3. The van der Waals surface area contributed by atoms with Crippen molar-refractivity contribution in [3.63, 3.8) is 0 Å². The van der Waals surface area contributed by atoms with E-state index in [1.807, 2.05) is 26.0 Å². The largest absolute Gasteiger partial charge is 0.244 e. The van der Waals surface area contributed by atoms with Gasteiger partial charge in [-0.05, 0) is 17.0 Å². The molecule has 0 aliphatic carbocycles. The van der Waals surface area contributed by atoms with Crippen LogP contribution in [-0.2, 0) is 5.41 Å². The number of rotatable bonds is 0. The Morgan fingerprint density at radius 1 is 1.23 bits per heavy atom. The zero-order chi connectivity index (χ0) is 10.5. The number of nitrogens with zero attached hydrogens (tertiary/aromatic N) is 1. The fraction of sp³-hybridized carbons (Fsp3) is 0.545. The Bertz CT molecular complexity index is 251. The SMILES string of the molecule is CC.CC(C)(C)c1cccnc1Cl. The normalized spacial score (nSPS) is 10.3. The molecule has 13 heavy (non-hydrogen) atoms. The van der Waals surface area contributed by atoms with Crippen LogP contribution in [0.2, 0.25) is 5.15 Å². The van der Waals surface area contributed by atoms with Crippen LogP contribution in [0.3, 0.4) is 0 Å². The van der Waals surface area contributed by atoms with E-state index in [4.69, 9.17) is 11.6 Å². The van der Waals surface area contributed by atoms with E-state index in [-0.39, 0.29) is 5.41 Å². The van der Waals surface area contributed by atoms with Gasteiger partial charge in [-0.1, -0.05) is 52.3 Å². The molecule has 0 fully saturated rings. The first-order valence-corrected chi connectivity index (χ1v) is 5.00. The first-order valence-electron chi connectivity index (χ1n) is 4.63. The van der Waals surface area contributed by atoms with Gasteiger partial charge in [0.05, 0.1) is 0 Å². The Morgan fingerprint density at radius 3 is 2.08 bits per heavy atom. The molecular formula is C11H18ClN. The van der Waals surface area contributed by atoms with Crippen LogP contribution >= 0.6 is 11.6 Å². The van der Waals surface area contributed by atoms with Crippen LogP contribution in [0, 0.1) is 0 Å². The van der Waals surface area contributed by atoms with Crippen molar-refractivity contribution < 1.29 is 0 Å². The van der Waals surface area contributed by atoms with Gasteiger partial charge in [0.25, 0.3) is 0 Å². The number of aromatic nitrogens is 1. The maximum atomic E-state index is 5.90. The van der Waals surface area contributed by atoms with E-state index in [1.54, 1.807) is 6.20 Å². The van der Waals surface area contributed by atoms with Crippen LogP contribution in [0.5, 0.6) is 0 Å². The monoisotopic (exact) mass is 199 g/mol. The Hall–Kier alpha value is -0.560. The quantitative estimate of drug-likeness (QED) is 0.575. The molecule has 0 saturated heterocycles. The summed E-state index contributed by atoms with van der Waals surface area (Å²) in [6.07, 6.45) is 1.71. The Balaban J connectivity index is 0.000000671. The molecule has 1 rings (SSSR count). The molecule has 1 heterocycles. The summed E-state index contributed by atoms with van der Waals surface area (Å²) < 4.78 is 0. The maximum Gasteiger partial charge on any atom is 0.132 e. The van der Waals surface area contributed by atoms with Gasteiger partial charge < -0.3 is 0 Å². The fourth-order valence-corrected chi connectivity index (χ4v) is 1.35. The van der Waals surface area contributed by atoms with E-state index in [2.05, 4.69) is 25.8 Å². The average molecular weight is 200 g/mol. The van der Waals surface area contributed by atoms with E-state index >= 15 is 0 Å². The van der Waals surface area contributed by atoms with Crippen molar-refractivity contribution >= 4 is 11.6 Å². The minimum Gasteiger partial charge on any atom is -0.244 e. The molecule has 0 saturated carbocycles. The summed E-state index contributed by atoms with van der Waals surface area (Å²) in [5.74, 6) is 0. The van der Waals surface area contributed by atoms with Gasteiger partial charge in [0, 0.05) is 6.20 Å². The van der Waals surface area contributed by atoms with Gasteiger partial charge in [-0.15, -0.1) is 0 Å². The number of hydrogen-bond acceptors (Lipinski definition) is 1. The van der Waals surface area contributed by atoms with Crippen molar-refractivity contribution in [3.8, 4) is 0 Å². The summed E-state index contributed by atoms with van der Waals surface area (Å²) in [6.45, 7) is 10.4. The van der Waals surface area contributed by atoms with Crippen LogP contribution in [0.15, 0.2) is 18.3 Å². The number of hydrogen-bond donors (Lipinski definition) is 0. The zero-order valence-electron chi connectivity index (χ0n) is 9.06. The second-order valence-corrected chi connectivity index (χ2v) is 3.95. The smallest absolute Gasteiger partial charge is 0.132 e. The maximum absolute atomic E-state index is 5.90. The summed E-state index contributed by atoms with van der Waals surface area (Å²) >= 11 is 5.90. The highest BCUT2D eigenvalue weighted by Crippen LogP contribution is 2.26. The van der Waals surface area contributed by atoms with Crippen LogP contribution in [0.1, 0.15) is 40.2 Å². The van der Waals surface area contributed by atoms with E-state index in [0.717, 1.165) is 5.56 Å². The summed E-state index contributed by atoms with van der Waals surface area (Å²) in [6, 6.07) is 3.92. The van der Waals surface area contributed by atoms with Crippen molar-refractivity contribution in [2.24, 2.45) is 0 Å². The molecular weight excluding hydrogens is 182 g/mol. The van der Waals surface area contributed by atoms with Gasteiger partial charge in [0.15, 0.2) is 0 Å². The Morgan fingerprint density at radius 2 is 1.77 bits per heavy atom. The molecule has 0 unspecified atom stereocenters. The van der Waals surface area contributed by atoms with Crippen LogP contribution in [0.25, 0.3) is 0 Å². The second-order valence-electron chi connectivity index (χ2n) is 3.59. The molecule has 1 aromatic heterocycles. The molecule has 0 aliphatic rings. The van der Waals surface area contributed by atoms with Crippen LogP contribution in [0.4, 0.5) is 0 Å². The lowest BCUT2D eigenvalue weighted by Crippen LogP contribution is -2.11. The minimum absolute atomic E-state index is 0.0886. The number of pyridine rings is 1. The lowest BCUT2D eigenvalue weighted by molar-refractivity contribution is 0.588. The van der Waals surface area contributed by atoms with Gasteiger partial charge in [-0.25, -0.2) is 4.98 Å². The topological polar surface area (TPSA) is 12.9 Å². The Kier molecular flexibility index (Phi) is 5.01. The molecule has 0 spiro atoms. The van der Waals surface area contributed by atoms with Crippen molar-refractivity contribution in [2.45, 2.75) is 40.0 Å². The highest BCUT2D eigenvalue weighted by Gasteiger charge is 2.16. The zero-order valence-corrected chi connectivity index (χ0v) is 9.81. The van der Waals surface area contributed by atoms with Crippen molar-refractivity contribution in [3.05, 3.63) is 29.0 Å². The molecule has 0 aromatic carbocycles. The molecule has 1 aromatic rings. The molecule has 0 amide bonds. The van der Waals surface area contributed by atoms with Crippen molar-refractivity contribution in [1.29, 1.82) is 0 Å².